The number of aryl methyl sites for hydroxylation is 1. The van der Waals surface area contributed by atoms with Gasteiger partial charge in [0.25, 0.3) is 0 Å². The zero-order chi connectivity index (χ0) is 15.8. The molecule has 0 amide bonds. The van der Waals surface area contributed by atoms with E-state index in [1.807, 2.05) is 19.1 Å². The van der Waals surface area contributed by atoms with Gasteiger partial charge in [-0.15, -0.1) is 0 Å². The minimum absolute atomic E-state index is 0.0870. The summed E-state index contributed by atoms with van der Waals surface area (Å²) < 4.78 is 0. The van der Waals surface area contributed by atoms with Crippen LogP contribution in [0.15, 0.2) is 24.3 Å². The second-order valence-corrected chi connectivity index (χ2v) is 5.16. The van der Waals surface area contributed by atoms with E-state index in [-0.39, 0.29) is 25.2 Å². The maximum absolute atomic E-state index is 12.4. The van der Waals surface area contributed by atoms with Crippen molar-refractivity contribution >= 4 is 11.8 Å². The van der Waals surface area contributed by atoms with Crippen LogP contribution in [0.3, 0.4) is 0 Å². The normalized spacial score (nSPS) is 13.7. The first kappa shape index (κ1) is 17.3. The van der Waals surface area contributed by atoms with Crippen molar-refractivity contribution in [1.29, 1.82) is 0 Å². The van der Waals surface area contributed by atoms with Crippen LogP contribution in [0, 0.1) is 0 Å². The van der Waals surface area contributed by atoms with Gasteiger partial charge in [0.1, 0.15) is 0 Å². The molecule has 5 nitrogen and oxygen atoms in total. The Bertz CT molecular complexity index is 468. The van der Waals surface area contributed by atoms with Crippen molar-refractivity contribution in [2.75, 3.05) is 6.54 Å². The zero-order valence-corrected chi connectivity index (χ0v) is 12.5. The Morgan fingerprint density at radius 2 is 1.86 bits per heavy atom. The number of ketones is 1. The first-order valence-corrected chi connectivity index (χ1v) is 7.20. The van der Waals surface area contributed by atoms with Gasteiger partial charge in [0.15, 0.2) is 5.78 Å². The molecule has 116 valence electrons. The molecule has 0 radical (unpaired) electrons. The van der Waals surface area contributed by atoms with Crippen molar-refractivity contribution in [3.05, 3.63) is 35.4 Å². The summed E-state index contributed by atoms with van der Waals surface area (Å²) in [5.74, 6) is -1.08. The highest BCUT2D eigenvalue weighted by atomic mass is 16.4. The van der Waals surface area contributed by atoms with E-state index >= 15 is 0 Å². The number of aliphatic hydroxyl groups is 1. The number of aliphatic hydroxyl groups excluding tert-OH is 1. The number of Topliss-reactive ketones (excluding diaryl/α,β-unsaturated/α-hetero) is 1. The lowest BCUT2D eigenvalue weighted by molar-refractivity contribution is -0.137. The number of carbonyl (C=O) groups excluding carboxylic acids is 1. The van der Waals surface area contributed by atoms with Crippen LogP contribution in [0.1, 0.15) is 42.6 Å². The highest BCUT2D eigenvalue weighted by Crippen LogP contribution is 2.11. The van der Waals surface area contributed by atoms with Gasteiger partial charge in [-0.2, -0.15) is 0 Å². The molecule has 0 saturated heterocycles. The summed E-state index contributed by atoms with van der Waals surface area (Å²) in [4.78, 5) is 23.1. The van der Waals surface area contributed by atoms with Gasteiger partial charge >= 0.3 is 5.97 Å². The number of rotatable bonds is 9. The number of carboxylic acids is 1. The molecule has 21 heavy (non-hydrogen) atoms. The molecule has 0 spiro atoms. The number of carbonyl (C=O) groups is 2. The van der Waals surface area contributed by atoms with E-state index in [9.17, 15) is 14.7 Å². The summed E-state index contributed by atoms with van der Waals surface area (Å²) in [7, 11) is 0. The molecule has 0 aromatic heterocycles. The van der Waals surface area contributed by atoms with Crippen LogP contribution in [0.4, 0.5) is 0 Å². The molecular weight excluding hydrogens is 270 g/mol. The predicted molar refractivity (Wildman–Crippen MR) is 80.5 cm³/mol. The van der Waals surface area contributed by atoms with Crippen molar-refractivity contribution in [2.45, 2.75) is 45.3 Å². The largest absolute Gasteiger partial charge is 0.481 e. The summed E-state index contributed by atoms with van der Waals surface area (Å²) in [6.45, 7) is 3.90. The fourth-order valence-electron chi connectivity index (χ4n) is 2.01. The van der Waals surface area contributed by atoms with Crippen molar-refractivity contribution in [3.8, 4) is 0 Å². The zero-order valence-electron chi connectivity index (χ0n) is 12.5. The molecule has 0 bridgehead atoms. The van der Waals surface area contributed by atoms with Crippen LogP contribution in [-0.2, 0) is 11.2 Å². The van der Waals surface area contributed by atoms with Crippen LogP contribution >= 0.6 is 0 Å². The topological polar surface area (TPSA) is 86.6 Å². The third-order valence-corrected chi connectivity index (χ3v) is 3.27. The van der Waals surface area contributed by atoms with Crippen LogP contribution in [0.25, 0.3) is 0 Å². The molecule has 3 N–H and O–H groups in total. The summed E-state index contributed by atoms with van der Waals surface area (Å²) in [5.41, 5.74) is 1.70. The Balaban J connectivity index is 2.78. The maximum atomic E-state index is 12.4. The molecule has 0 aliphatic carbocycles. The van der Waals surface area contributed by atoms with Crippen molar-refractivity contribution in [3.63, 3.8) is 0 Å². The lowest BCUT2D eigenvalue weighted by atomic mass is 9.98. The highest BCUT2D eigenvalue weighted by molar-refractivity contribution is 6.00. The monoisotopic (exact) mass is 293 g/mol. The fourth-order valence-corrected chi connectivity index (χ4v) is 2.01. The van der Waals surface area contributed by atoms with Gasteiger partial charge in [0, 0.05) is 18.5 Å². The van der Waals surface area contributed by atoms with E-state index in [2.05, 4.69) is 5.32 Å². The van der Waals surface area contributed by atoms with Crippen LogP contribution < -0.4 is 5.32 Å². The average molecular weight is 293 g/mol. The van der Waals surface area contributed by atoms with Gasteiger partial charge in [0.2, 0.25) is 0 Å². The first-order valence-electron chi connectivity index (χ1n) is 7.20. The highest BCUT2D eigenvalue weighted by Gasteiger charge is 2.21. The first-order chi connectivity index (χ1) is 9.93. The third-order valence-electron chi connectivity index (χ3n) is 3.27. The molecule has 1 aromatic rings. The second kappa shape index (κ2) is 8.54. The predicted octanol–water partition coefficient (Wildman–Crippen LogP) is 1.64. The Labute approximate surface area is 125 Å². The van der Waals surface area contributed by atoms with E-state index in [0.29, 0.717) is 5.56 Å². The summed E-state index contributed by atoms with van der Waals surface area (Å²) in [6.07, 6.45) is 0.428. The number of hydrogen-bond acceptors (Lipinski definition) is 4. The van der Waals surface area contributed by atoms with E-state index in [4.69, 9.17) is 5.11 Å². The van der Waals surface area contributed by atoms with Gasteiger partial charge in [-0.05, 0) is 25.3 Å². The van der Waals surface area contributed by atoms with Crippen molar-refractivity contribution in [1.82, 2.24) is 5.32 Å². The Morgan fingerprint density at radius 3 is 2.33 bits per heavy atom. The molecule has 5 heteroatoms. The molecule has 0 saturated carbocycles. The van der Waals surface area contributed by atoms with Gasteiger partial charge in [-0.1, -0.05) is 31.2 Å². The number of benzene rings is 1. The minimum Gasteiger partial charge on any atom is -0.481 e. The van der Waals surface area contributed by atoms with E-state index in [1.54, 1.807) is 19.1 Å². The third kappa shape index (κ3) is 6.06. The van der Waals surface area contributed by atoms with Gasteiger partial charge in [-0.3, -0.25) is 9.59 Å². The summed E-state index contributed by atoms with van der Waals surface area (Å²) >= 11 is 0. The lowest BCUT2D eigenvalue weighted by Gasteiger charge is -2.18. The van der Waals surface area contributed by atoms with Crippen molar-refractivity contribution < 1.29 is 19.8 Å². The van der Waals surface area contributed by atoms with Crippen LogP contribution in [0.5, 0.6) is 0 Å². The second-order valence-electron chi connectivity index (χ2n) is 5.16. The van der Waals surface area contributed by atoms with E-state index < -0.39 is 18.1 Å². The Kier molecular flexibility index (Phi) is 7.05. The molecule has 1 rings (SSSR count). The van der Waals surface area contributed by atoms with E-state index in [1.165, 1.54) is 0 Å². The summed E-state index contributed by atoms with van der Waals surface area (Å²) in [5, 5.41) is 21.0. The molecule has 0 fully saturated rings. The van der Waals surface area contributed by atoms with E-state index in [0.717, 1.165) is 12.0 Å². The molecule has 1 aromatic carbocycles. The van der Waals surface area contributed by atoms with Crippen LogP contribution in [0.2, 0.25) is 0 Å². The number of aliphatic carboxylic acids is 1. The molecule has 0 aliphatic heterocycles. The minimum atomic E-state index is -0.937. The SMILES string of the molecule is CCc1ccc(C(=O)C(CCC(=O)O)NCC(C)O)cc1. The number of carboxylic acid groups (broad SMARTS) is 1. The molecule has 0 heterocycles. The molecule has 2 unspecified atom stereocenters. The van der Waals surface area contributed by atoms with Crippen LogP contribution in [-0.4, -0.2) is 40.7 Å². The van der Waals surface area contributed by atoms with Gasteiger partial charge in [-0.25, -0.2) is 0 Å². The molecule has 2 atom stereocenters. The molecular formula is C16H23NO4. The Hall–Kier alpha value is -1.72. The molecule has 0 aliphatic rings. The Morgan fingerprint density at radius 1 is 1.24 bits per heavy atom. The fraction of sp³-hybridized carbons (Fsp3) is 0.500. The maximum Gasteiger partial charge on any atom is 0.303 e. The van der Waals surface area contributed by atoms with Gasteiger partial charge < -0.3 is 15.5 Å². The number of nitrogens with one attached hydrogen (secondary N) is 1. The average Bonchev–Trinajstić information content (AvgIpc) is 2.46. The van der Waals surface area contributed by atoms with Crippen molar-refractivity contribution in [2.24, 2.45) is 0 Å². The summed E-state index contributed by atoms with van der Waals surface area (Å²) in [6, 6.07) is 6.73. The smallest absolute Gasteiger partial charge is 0.303 e. The van der Waals surface area contributed by atoms with Gasteiger partial charge in [0.05, 0.1) is 12.1 Å². The number of hydrogen-bond donors (Lipinski definition) is 3. The lowest BCUT2D eigenvalue weighted by Crippen LogP contribution is -2.40. The standard InChI is InChI=1S/C16H23NO4/c1-3-12-4-6-13(7-5-12)16(21)14(8-9-15(19)20)17-10-11(2)18/h4-7,11,14,17-18H,3,8-10H2,1-2H3,(H,19,20). The quantitative estimate of drug-likeness (QED) is 0.602.